The Morgan fingerprint density at radius 3 is 1.36 bits per heavy atom. The van der Waals surface area contributed by atoms with E-state index in [-0.39, 0.29) is 0 Å². The minimum Gasteiger partial charge on any atom is -0.311 e. The van der Waals surface area contributed by atoms with E-state index in [2.05, 4.69) is 264 Å². The van der Waals surface area contributed by atoms with Crippen molar-refractivity contribution in [2.75, 3.05) is 4.90 Å². The van der Waals surface area contributed by atoms with Crippen LogP contribution in [0.5, 0.6) is 0 Å². The van der Waals surface area contributed by atoms with Crippen LogP contribution in [0.15, 0.2) is 255 Å². The van der Waals surface area contributed by atoms with E-state index in [0.29, 0.717) is 0 Å². The molecule has 0 saturated carbocycles. The van der Waals surface area contributed by atoms with Gasteiger partial charge >= 0.3 is 0 Å². The second kappa shape index (κ2) is 15.5. The summed E-state index contributed by atoms with van der Waals surface area (Å²) < 4.78 is 2.46. The zero-order valence-electron chi connectivity index (χ0n) is 36.1. The Balaban J connectivity index is 1.01. The Morgan fingerprint density at radius 1 is 0.258 bits per heavy atom. The highest BCUT2D eigenvalue weighted by molar-refractivity contribution is 6.34. The van der Waals surface area contributed by atoms with E-state index in [1.807, 2.05) is 0 Å². The zero-order valence-corrected chi connectivity index (χ0v) is 36.1. The summed E-state index contributed by atoms with van der Waals surface area (Å²) >= 11 is 0. The van der Waals surface area contributed by atoms with Crippen molar-refractivity contribution in [3.63, 3.8) is 0 Å². The average molecular weight is 839 g/mol. The van der Waals surface area contributed by atoms with Crippen molar-refractivity contribution in [3.05, 3.63) is 255 Å². The fourth-order valence-electron chi connectivity index (χ4n) is 10.4. The standard InChI is InChI=1S/C64H42N2/c1-6-16-43(17-7-1)49-38-50(44-18-8-2-9-19-44)40-51(39-49)47-31-37-60-59(41-47)64-58-36-29-46-28-34-56(57-35-30-48(63(58)62(46)57)42-61(64)66(60)54-24-14-5-15-25-54)45-26-32-55(33-27-45)65(52-20-10-3-11-21-52)53-22-12-4-13-23-53/h1-42H. The molecule has 0 saturated heterocycles. The predicted molar refractivity (Wildman–Crippen MR) is 281 cm³/mol. The maximum atomic E-state index is 2.46. The molecule has 2 heteroatoms. The first kappa shape index (κ1) is 37.8. The van der Waals surface area contributed by atoms with Crippen molar-refractivity contribution < 1.29 is 0 Å². The van der Waals surface area contributed by atoms with Gasteiger partial charge in [-0.2, -0.15) is 0 Å². The lowest BCUT2D eigenvalue weighted by molar-refractivity contribution is 1.18. The van der Waals surface area contributed by atoms with Gasteiger partial charge in [0.15, 0.2) is 0 Å². The third kappa shape index (κ3) is 6.26. The first-order valence-corrected chi connectivity index (χ1v) is 22.7. The molecule has 0 fully saturated rings. The number of para-hydroxylation sites is 3. The van der Waals surface area contributed by atoms with Gasteiger partial charge in [0.1, 0.15) is 0 Å². The van der Waals surface area contributed by atoms with Crippen molar-refractivity contribution >= 4 is 71.2 Å². The van der Waals surface area contributed by atoms with Gasteiger partial charge in [0.25, 0.3) is 0 Å². The lowest BCUT2D eigenvalue weighted by Crippen LogP contribution is -2.09. The molecule has 0 spiro atoms. The number of fused-ring (bicyclic) bond motifs is 4. The maximum Gasteiger partial charge on any atom is 0.0553 e. The Labute approximate surface area is 383 Å². The first-order valence-electron chi connectivity index (χ1n) is 22.7. The molecule has 66 heavy (non-hydrogen) atoms. The lowest BCUT2D eigenvalue weighted by atomic mass is 9.88. The Kier molecular flexibility index (Phi) is 8.89. The number of hydrogen-bond donors (Lipinski definition) is 0. The molecule has 0 aliphatic carbocycles. The number of nitrogens with zero attached hydrogens (tertiary/aromatic N) is 2. The highest BCUT2D eigenvalue weighted by Crippen LogP contribution is 2.46. The summed E-state index contributed by atoms with van der Waals surface area (Å²) in [7, 11) is 0. The molecule has 12 aromatic carbocycles. The molecule has 0 aliphatic heterocycles. The van der Waals surface area contributed by atoms with Gasteiger partial charge in [-0.15, -0.1) is 0 Å². The number of rotatable bonds is 8. The van der Waals surface area contributed by atoms with Crippen LogP contribution in [0.25, 0.3) is 104 Å². The van der Waals surface area contributed by atoms with Crippen LogP contribution >= 0.6 is 0 Å². The SMILES string of the molecule is c1ccc(-c2cc(-c3ccccc3)cc(-c3ccc4c(c3)c3c5ccc6ccc(-c7ccc(N(c8ccccc8)c8ccccc8)cc7)c7ccc(cc3n4-c3ccccc3)c5c67)c2)cc1. The van der Waals surface area contributed by atoms with E-state index in [4.69, 9.17) is 0 Å². The number of anilines is 3. The molecular weight excluding hydrogens is 797 g/mol. The molecule has 0 radical (unpaired) electrons. The Morgan fingerprint density at radius 2 is 0.742 bits per heavy atom. The number of benzene rings is 12. The lowest BCUT2D eigenvalue weighted by Gasteiger charge is -2.25. The van der Waals surface area contributed by atoms with Gasteiger partial charge in [-0.05, 0) is 162 Å². The normalized spacial score (nSPS) is 11.6. The first-order chi connectivity index (χ1) is 32.7. The molecule has 13 aromatic rings. The van der Waals surface area contributed by atoms with E-state index in [0.717, 1.165) is 22.7 Å². The minimum absolute atomic E-state index is 1.12. The Hall–Kier alpha value is -8.72. The van der Waals surface area contributed by atoms with E-state index < -0.39 is 0 Å². The van der Waals surface area contributed by atoms with Crippen LogP contribution in [0.3, 0.4) is 0 Å². The van der Waals surface area contributed by atoms with E-state index >= 15 is 0 Å². The molecule has 0 aliphatic rings. The summed E-state index contributed by atoms with van der Waals surface area (Å²) in [5.41, 5.74) is 16.6. The quantitative estimate of drug-likeness (QED) is 0.138. The summed E-state index contributed by atoms with van der Waals surface area (Å²) in [5.74, 6) is 0. The third-order valence-corrected chi connectivity index (χ3v) is 13.5. The molecule has 13 rings (SSSR count). The van der Waals surface area contributed by atoms with Crippen molar-refractivity contribution in [3.8, 4) is 50.2 Å². The summed E-state index contributed by atoms with van der Waals surface area (Å²) in [4.78, 5) is 2.32. The van der Waals surface area contributed by atoms with Crippen LogP contribution in [-0.4, -0.2) is 4.57 Å². The van der Waals surface area contributed by atoms with Crippen LogP contribution < -0.4 is 4.90 Å². The van der Waals surface area contributed by atoms with Gasteiger partial charge in [-0.3, -0.25) is 0 Å². The van der Waals surface area contributed by atoms with E-state index in [1.165, 1.54) is 98.6 Å². The topological polar surface area (TPSA) is 8.17 Å². The van der Waals surface area contributed by atoms with Crippen molar-refractivity contribution in [1.29, 1.82) is 0 Å². The van der Waals surface area contributed by atoms with Gasteiger partial charge in [0.05, 0.1) is 11.0 Å². The number of aromatic nitrogens is 1. The highest BCUT2D eigenvalue weighted by atomic mass is 15.1. The van der Waals surface area contributed by atoms with Crippen molar-refractivity contribution in [1.82, 2.24) is 4.57 Å². The largest absolute Gasteiger partial charge is 0.311 e. The fourth-order valence-corrected chi connectivity index (χ4v) is 10.4. The molecular formula is C64H42N2. The minimum atomic E-state index is 1.12. The monoisotopic (exact) mass is 838 g/mol. The molecule has 0 unspecified atom stereocenters. The highest BCUT2D eigenvalue weighted by Gasteiger charge is 2.21. The maximum absolute atomic E-state index is 2.46. The summed E-state index contributed by atoms with van der Waals surface area (Å²) in [6.45, 7) is 0. The summed E-state index contributed by atoms with van der Waals surface area (Å²) in [5, 5.41) is 10.2. The number of hydrogen-bond acceptors (Lipinski definition) is 1. The van der Waals surface area contributed by atoms with Crippen molar-refractivity contribution in [2.45, 2.75) is 0 Å². The molecule has 0 atom stereocenters. The van der Waals surface area contributed by atoms with Crippen LogP contribution in [0.2, 0.25) is 0 Å². The van der Waals surface area contributed by atoms with Crippen LogP contribution in [0.1, 0.15) is 0 Å². The second-order valence-electron chi connectivity index (χ2n) is 17.3. The summed E-state index contributed by atoms with van der Waals surface area (Å²) in [6.07, 6.45) is 0. The van der Waals surface area contributed by atoms with Gasteiger partial charge in [0.2, 0.25) is 0 Å². The van der Waals surface area contributed by atoms with Gasteiger partial charge in [0, 0.05) is 33.5 Å². The predicted octanol–water partition coefficient (Wildman–Crippen LogP) is 17.8. The molecule has 0 bridgehead atoms. The second-order valence-corrected chi connectivity index (χ2v) is 17.3. The van der Waals surface area contributed by atoms with Crippen LogP contribution in [0.4, 0.5) is 17.1 Å². The molecule has 0 amide bonds. The Bertz CT molecular complexity index is 3780. The molecule has 1 heterocycles. The van der Waals surface area contributed by atoms with E-state index in [1.54, 1.807) is 0 Å². The molecule has 2 nitrogen and oxygen atoms in total. The van der Waals surface area contributed by atoms with Crippen LogP contribution in [0, 0.1) is 0 Å². The third-order valence-electron chi connectivity index (χ3n) is 13.5. The fraction of sp³-hybridized carbons (Fsp3) is 0. The smallest absolute Gasteiger partial charge is 0.0553 e. The molecule has 0 N–H and O–H groups in total. The van der Waals surface area contributed by atoms with E-state index in [9.17, 15) is 0 Å². The van der Waals surface area contributed by atoms with Gasteiger partial charge < -0.3 is 9.47 Å². The van der Waals surface area contributed by atoms with Gasteiger partial charge in [-0.1, -0.05) is 170 Å². The van der Waals surface area contributed by atoms with Gasteiger partial charge in [-0.25, -0.2) is 0 Å². The zero-order chi connectivity index (χ0) is 43.6. The van der Waals surface area contributed by atoms with Crippen LogP contribution in [-0.2, 0) is 0 Å². The molecule has 308 valence electrons. The average Bonchev–Trinajstić information content (AvgIpc) is 3.73. The van der Waals surface area contributed by atoms with Crippen molar-refractivity contribution in [2.24, 2.45) is 0 Å². The molecule has 1 aromatic heterocycles. The summed E-state index contributed by atoms with van der Waals surface area (Å²) in [6, 6.07) is 93.2.